The fourth-order valence-corrected chi connectivity index (χ4v) is 3.38. The molecule has 0 aliphatic heterocycles. The molecular formula is C24H24F3N3O3. The monoisotopic (exact) mass is 459 g/mol. The number of nitrogens with zero attached hydrogens (tertiary/aromatic N) is 2. The minimum atomic E-state index is -4.82. The summed E-state index contributed by atoms with van der Waals surface area (Å²) in [7, 11) is 0. The summed E-state index contributed by atoms with van der Waals surface area (Å²) in [4.78, 5) is 25.1. The SMILES string of the molecule is CCOC(=O)C(CNC(=O)c1cnn(-c2ccc(C)cc2)c1C(F)(F)F)Cc1ccccc1. The molecule has 174 valence electrons. The molecule has 33 heavy (non-hydrogen) atoms. The van der Waals surface area contributed by atoms with E-state index in [-0.39, 0.29) is 25.3 Å². The highest BCUT2D eigenvalue weighted by Crippen LogP contribution is 2.33. The molecule has 9 heteroatoms. The van der Waals surface area contributed by atoms with Crippen molar-refractivity contribution in [3.8, 4) is 5.69 Å². The van der Waals surface area contributed by atoms with Gasteiger partial charge in [-0.05, 0) is 38.0 Å². The number of halogens is 3. The molecule has 0 radical (unpaired) electrons. The number of amides is 1. The molecule has 0 bridgehead atoms. The summed E-state index contributed by atoms with van der Waals surface area (Å²) in [6.45, 7) is 3.44. The molecular weight excluding hydrogens is 435 g/mol. The Kier molecular flexibility index (Phi) is 7.52. The molecule has 0 aliphatic carbocycles. The van der Waals surface area contributed by atoms with Gasteiger partial charge in [0.1, 0.15) is 0 Å². The average molecular weight is 459 g/mol. The van der Waals surface area contributed by atoms with Gasteiger partial charge in [-0.1, -0.05) is 48.0 Å². The quantitative estimate of drug-likeness (QED) is 0.509. The predicted molar refractivity (Wildman–Crippen MR) is 116 cm³/mol. The van der Waals surface area contributed by atoms with Crippen LogP contribution in [0.5, 0.6) is 0 Å². The maximum absolute atomic E-state index is 13.9. The van der Waals surface area contributed by atoms with Crippen molar-refractivity contribution in [1.29, 1.82) is 0 Å². The van der Waals surface area contributed by atoms with Gasteiger partial charge in [-0.3, -0.25) is 9.59 Å². The standard InChI is InChI=1S/C24H24F3N3O3/c1-3-33-23(32)18(13-17-7-5-4-6-8-17)14-28-22(31)20-15-29-30(21(20)24(25,26)27)19-11-9-16(2)10-12-19/h4-12,15,18H,3,13-14H2,1-2H3,(H,28,31). The van der Waals surface area contributed by atoms with Crippen LogP contribution in [0.25, 0.3) is 5.69 Å². The summed E-state index contributed by atoms with van der Waals surface area (Å²) < 4.78 is 47.4. The molecule has 2 aromatic carbocycles. The number of nitrogens with one attached hydrogen (secondary N) is 1. The Morgan fingerprint density at radius 2 is 1.76 bits per heavy atom. The summed E-state index contributed by atoms with van der Waals surface area (Å²) in [5, 5.41) is 6.26. The van der Waals surface area contributed by atoms with Crippen molar-refractivity contribution < 1.29 is 27.5 Å². The smallest absolute Gasteiger partial charge is 0.434 e. The Hall–Kier alpha value is -3.62. The number of ether oxygens (including phenoxy) is 1. The highest BCUT2D eigenvalue weighted by Gasteiger charge is 2.40. The fourth-order valence-electron chi connectivity index (χ4n) is 3.38. The van der Waals surface area contributed by atoms with Crippen LogP contribution in [0.3, 0.4) is 0 Å². The van der Waals surface area contributed by atoms with E-state index < -0.39 is 35.2 Å². The van der Waals surface area contributed by atoms with E-state index in [1.54, 1.807) is 19.1 Å². The molecule has 1 heterocycles. The van der Waals surface area contributed by atoms with Gasteiger partial charge in [0.2, 0.25) is 0 Å². The Bertz CT molecular complexity index is 1090. The summed E-state index contributed by atoms with van der Waals surface area (Å²) in [5.41, 5.74) is 0.0965. The minimum absolute atomic E-state index is 0.152. The third-order valence-corrected chi connectivity index (χ3v) is 5.01. The van der Waals surface area contributed by atoms with Gasteiger partial charge < -0.3 is 10.1 Å². The molecule has 3 aromatic rings. The van der Waals surface area contributed by atoms with Gasteiger partial charge >= 0.3 is 12.1 Å². The van der Waals surface area contributed by atoms with Crippen LogP contribution < -0.4 is 5.32 Å². The molecule has 0 fully saturated rings. The van der Waals surface area contributed by atoms with Crippen molar-refractivity contribution in [2.24, 2.45) is 5.92 Å². The van der Waals surface area contributed by atoms with Crippen LogP contribution in [0.2, 0.25) is 0 Å². The summed E-state index contributed by atoms with van der Waals surface area (Å²) >= 11 is 0. The number of benzene rings is 2. The van der Waals surface area contributed by atoms with E-state index in [0.29, 0.717) is 4.68 Å². The van der Waals surface area contributed by atoms with E-state index in [2.05, 4.69) is 10.4 Å². The number of carbonyl (C=O) groups is 2. The van der Waals surface area contributed by atoms with E-state index in [0.717, 1.165) is 17.3 Å². The van der Waals surface area contributed by atoms with Crippen LogP contribution in [-0.4, -0.2) is 34.8 Å². The molecule has 0 spiro atoms. The lowest BCUT2D eigenvalue weighted by molar-refractivity contribution is -0.148. The summed E-state index contributed by atoms with van der Waals surface area (Å²) in [6.07, 6.45) is -3.66. The lowest BCUT2D eigenvalue weighted by Gasteiger charge is -2.17. The number of alkyl halides is 3. The number of esters is 1. The minimum Gasteiger partial charge on any atom is -0.466 e. The highest BCUT2D eigenvalue weighted by molar-refractivity contribution is 5.95. The molecule has 1 atom stereocenters. The molecule has 1 unspecified atom stereocenters. The first-order valence-corrected chi connectivity index (χ1v) is 10.4. The normalized spacial score (nSPS) is 12.3. The predicted octanol–water partition coefficient (Wildman–Crippen LogP) is 4.35. The van der Waals surface area contributed by atoms with E-state index >= 15 is 0 Å². The first kappa shape index (κ1) is 24.0. The van der Waals surface area contributed by atoms with Gasteiger partial charge in [0.05, 0.1) is 30.0 Å². The van der Waals surface area contributed by atoms with Gasteiger partial charge in [-0.2, -0.15) is 18.3 Å². The summed E-state index contributed by atoms with van der Waals surface area (Å²) in [6, 6.07) is 15.4. The van der Waals surface area contributed by atoms with Crippen LogP contribution >= 0.6 is 0 Å². The molecule has 0 saturated heterocycles. The van der Waals surface area contributed by atoms with Crippen molar-refractivity contribution in [3.63, 3.8) is 0 Å². The van der Waals surface area contributed by atoms with Crippen LogP contribution in [0.15, 0.2) is 60.8 Å². The molecule has 6 nitrogen and oxygen atoms in total. The molecule has 1 amide bonds. The zero-order chi connectivity index (χ0) is 24.0. The first-order valence-electron chi connectivity index (χ1n) is 10.4. The van der Waals surface area contributed by atoms with E-state index in [4.69, 9.17) is 4.74 Å². The molecule has 1 N–H and O–H groups in total. The summed E-state index contributed by atoms with van der Waals surface area (Å²) in [5.74, 6) is -2.26. The Morgan fingerprint density at radius 1 is 1.09 bits per heavy atom. The van der Waals surface area contributed by atoms with Gasteiger partial charge in [-0.25, -0.2) is 4.68 Å². The van der Waals surface area contributed by atoms with E-state index in [1.807, 2.05) is 37.3 Å². The van der Waals surface area contributed by atoms with Crippen LogP contribution in [0.1, 0.15) is 34.1 Å². The Balaban J connectivity index is 1.83. The zero-order valence-electron chi connectivity index (χ0n) is 18.2. The first-order chi connectivity index (χ1) is 15.7. The zero-order valence-corrected chi connectivity index (χ0v) is 18.2. The van der Waals surface area contributed by atoms with Crippen LogP contribution in [-0.2, 0) is 22.1 Å². The maximum Gasteiger partial charge on any atom is 0.434 e. The Morgan fingerprint density at radius 3 is 2.36 bits per heavy atom. The van der Waals surface area contributed by atoms with Gasteiger partial charge in [0.15, 0.2) is 5.69 Å². The second-order valence-electron chi connectivity index (χ2n) is 7.50. The third kappa shape index (κ3) is 6.00. The van der Waals surface area contributed by atoms with Gasteiger partial charge in [-0.15, -0.1) is 0 Å². The van der Waals surface area contributed by atoms with Crippen molar-refractivity contribution in [1.82, 2.24) is 15.1 Å². The number of hydrogen-bond acceptors (Lipinski definition) is 4. The number of aryl methyl sites for hydroxylation is 1. The molecule has 3 rings (SSSR count). The number of aromatic nitrogens is 2. The van der Waals surface area contributed by atoms with E-state index in [9.17, 15) is 22.8 Å². The number of hydrogen-bond donors (Lipinski definition) is 1. The second kappa shape index (κ2) is 10.3. The number of rotatable bonds is 8. The lowest BCUT2D eigenvalue weighted by atomic mass is 9.99. The molecule has 1 aromatic heterocycles. The van der Waals surface area contributed by atoms with Crippen molar-refractivity contribution in [3.05, 3.63) is 83.2 Å². The van der Waals surface area contributed by atoms with Crippen molar-refractivity contribution in [2.75, 3.05) is 13.2 Å². The second-order valence-corrected chi connectivity index (χ2v) is 7.50. The average Bonchev–Trinajstić information content (AvgIpc) is 3.24. The fraction of sp³-hybridized carbons (Fsp3) is 0.292. The Labute approximate surface area is 189 Å². The molecule has 0 saturated carbocycles. The van der Waals surface area contributed by atoms with Crippen LogP contribution in [0, 0.1) is 12.8 Å². The van der Waals surface area contributed by atoms with Crippen LogP contribution in [0.4, 0.5) is 13.2 Å². The highest BCUT2D eigenvalue weighted by atomic mass is 19.4. The lowest BCUT2D eigenvalue weighted by Crippen LogP contribution is -2.36. The third-order valence-electron chi connectivity index (χ3n) is 5.01. The molecule has 0 aliphatic rings. The largest absolute Gasteiger partial charge is 0.466 e. The van der Waals surface area contributed by atoms with Crippen molar-refractivity contribution in [2.45, 2.75) is 26.4 Å². The van der Waals surface area contributed by atoms with Gasteiger partial charge in [0.25, 0.3) is 5.91 Å². The maximum atomic E-state index is 13.9. The van der Waals surface area contributed by atoms with Crippen molar-refractivity contribution >= 4 is 11.9 Å². The van der Waals surface area contributed by atoms with E-state index in [1.165, 1.54) is 12.1 Å². The van der Waals surface area contributed by atoms with Gasteiger partial charge in [0, 0.05) is 6.54 Å². The topological polar surface area (TPSA) is 73.2 Å². The number of carbonyl (C=O) groups excluding carboxylic acids is 2.